The van der Waals surface area contributed by atoms with E-state index in [0.29, 0.717) is 4.73 Å². The molecule has 3 heterocycles. The van der Waals surface area contributed by atoms with Crippen LogP contribution >= 0.6 is 7.82 Å². The quantitative estimate of drug-likeness (QED) is 0.187. The van der Waals surface area contributed by atoms with Crippen LogP contribution < -0.4 is 10.5 Å². The van der Waals surface area contributed by atoms with Crippen LogP contribution in [0.25, 0.3) is 11.2 Å². The number of hydrogen-bond donors (Lipinski definition) is 6. The van der Waals surface area contributed by atoms with Crippen molar-refractivity contribution in [3.8, 4) is 0 Å². The number of phosphoric acid groups is 1. The molecule has 132 valence electrons. The fourth-order valence-corrected chi connectivity index (χ4v) is 2.74. The van der Waals surface area contributed by atoms with Crippen molar-refractivity contribution in [1.82, 2.24) is 14.5 Å². The molecule has 0 aliphatic carbocycles. The summed E-state index contributed by atoms with van der Waals surface area (Å²) in [7, 11) is -4.75. The normalized spacial score (nSPS) is 27.8. The number of ether oxygens (including phenoxy) is 1. The molecule has 13 nitrogen and oxygen atoms in total. The Balaban J connectivity index is 1.88. The van der Waals surface area contributed by atoms with Crippen LogP contribution in [0.15, 0.2) is 12.7 Å². The van der Waals surface area contributed by atoms with E-state index in [0.717, 1.165) is 6.33 Å². The van der Waals surface area contributed by atoms with Gasteiger partial charge in [0.15, 0.2) is 6.23 Å². The van der Waals surface area contributed by atoms with Crippen LogP contribution in [0.5, 0.6) is 0 Å². The first-order chi connectivity index (χ1) is 11.2. The molecule has 2 aromatic rings. The highest BCUT2D eigenvalue weighted by molar-refractivity contribution is 7.46. The lowest BCUT2D eigenvalue weighted by molar-refractivity contribution is -0.894. The molecule has 14 heteroatoms. The topological polar surface area (TPSA) is 197 Å². The molecule has 0 amide bonds. The van der Waals surface area contributed by atoms with Crippen molar-refractivity contribution in [3.05, 3.63) is 12.7 Å². The van der Waals surface area contributed by atoms with Crippen molar-refractivity contribution in [3.63, 3.8) is 0 Å². The number of nitrogens with zero attached hydrogens (tertiary/aromatic N) is 4. The first kappa shape index (κ1) is 17.0. The standard InChI is InChI=1S/C10H14N5O8P/c11-8-5-9(13-3-15(8)18)14(2-12-5)10-7(17)6(16)4(23-10)1-22-24(19,20)21/h2-4,6-7,10-11,16-18H,1H2,(H2,19,20,21)/p+1. The van der Waals surface area contributed by atoms with Crippen LogP contribution in [-0.2, 0) is 13.8 Å². The summed E-state index contributed by atoms with van der Waals surface area (Å²) in [5.41, 5.74) is 5.96. The Bertz CT molecular complexity index is 808. The zero-order valence-electron chi connectivity index (χ0n) is 11.9. The summed E-state index contributed by atoms with van der Waals surface area (Å²) < 4.78 is 22.3. The minimum atomic E-state index is -4.75. The van der Waals surface area contributed by atoms with E-state index in [9.17, 15) is 20.0 Å². The molecule has 1 saturated heterocycles. The molecule has 0 aromatic carbocycles. The van der Waals surface area contributed by atoms with Crippen LogP contribution in [0.1, 0.15) is 6.23 Å². The number of rotatable bonds is 4. The third-order valence-corrected chi connectivity index (χ3v) is 4.05. The summed E-state index contributed by atoms with van der Waals surface area (Å²) in [6, 6.07) is 0. The van der Waals surface area contributed by atoms with Crippen molar-refractivity contribution in [2.45, 2.75) is 24.5 Å². The number of hydrogen-bond acceptors (Lipinski definition) is 9. The van der Waals surface area contributed by atoms with Crippen molar-refractivity contribution < 1.29 is 43.8 Å². The molecule has 4 unspecified atom stereocenters. The SMILES string of the molecule is Nc1c2ncn(C3OC(COP(=O)(O)O)C(O)C3O)c2nc[n+]1O. The molecule has 24 heavy (non-hydrogen) atoms. The zero-order chi connectivity index (χ0) is 17.6. The Morgan fingerprint density at radius 1 is 1.38 bits per heavy atom. The molecule has 0 bridgehead atoms. The van der Waals surface area contributed by atoms with Crippen LogP contribution in [0.3, 0.4) is 0 Å². The molecule has 0 spiro atoms. The molecule has 0 radical (unpaired) electrons. The third kappa shape index (κ3) is 2.93. The van der Waals surface area contributed by atoms with Gasteiger partial charge in [-0.25, -0.2) is 9.55 Å². The molecule has 0 saturated carbocycles. The first-order valence-corrected chi connectivity index (χ1v) is 8.15. The van der Waals surface area contributed by atoms with E-state index in [2.05, 4.69) is 14.5 Å². The number of aliphatic hydroxyl groups excluding tert-OH is 2. The van der Waals surface area contributed by atoms with Crippen LogP contribution in [0, 0.1) is 0 Å². The van der Waals surface area contributed by atoms with Gasteiger partial charge in [-0.05, 0) is 0 Å². The fraction of sp³-hybridized carbons (Fsp3) is 0.500. The second-order valence-electron chi connectivity index (χ2n) is 5.13. The number of aliphatic hydroxyl groups is 2. The van der Waals surface area contributed by atoms with E-state index < -0.39 is 39.0 Å². The molecule has 2 aromatic heterocycles. The van der Waals surface area contributed by atoms with Gasteiger partial charge in [-0.1, -0.05) is 9.71 Å². The average molecular weight is 364 g/mol. The molecule has 1 aliphatic rings. The minimum absolute atomic E-state index is 0.0897. The minimum Gasteiger partial charge on any atom is -0.387 e. The van der Waals surface area contributed by atoms with Gasteiger partial charge in [0.05, 0.1) is 6.61 Å². The number of aromatic nitrogens is 4. The number of fused-ring (bicyclic) bond motifs is 1. The van der Waals surface area contributed by atoms with Gasteiger partial charge in [0.2, 0.25) is 11.2 Å². The van der Waals surface area contributed by atoms with Gasteiger partial charge in [-0.15, -0.1) is 0 Å². The Kier molecular flexibility index (Phi) is 4.17. The van der Waals surface area contributed by atoms with Crippen LogP contribution in [-0.4, -0.2) is 64.7 Å². The van der Waals surface area contributed by atoms with Gasteiger partial charge >= 0.3 is 7.82 Å². The summed E-state index contributed by atoms with van der Waals surface area (Å²) in [6.45, 7) is -0.627. The van der Waals surface area contributed by atoms with Gasteiger partial charge in [0.25, 0.3) is 12.1 Å². The second-order valence-corrected chi connectivity index (χ2v) is 6.37. The Morgan fingerprint density at radius 3 is 2.75 bits per heavy atom. The molecule has 4 atom stereocenters. The zero-order valence-corrected chi connectivity index (χ0v) is 12.8. The van der Waals surface area contributed by atoms with Gasteiger partial charge in [-0.3, -0.25) is 9.09 Å². The summed E-state index contributed by atoms with van der Waals surface area (Å²) in [5.74, 6) is -0.0897. The van der Waals surface area contributed by atoms with E-state index in [1.165, 1.54) is 10.9 Å². The molecule has 1 aliphatic heterocycles. The van der Waals surface area contributed by atoms with Crippen molar-refractivity contribution in [2.24, 2.45) is 0 Å². The van der Waals surface area contributed by atoms with Gasteiger partial charge in [-0.2, -0.15) is 0 Å². The second kappa shape index (κ2) is 5.89. The number of nitrogen functional groups attached to an aromatic ring is 1. The summed E-state index contributed by atoms with van der Waals surface area (Å²) in [6.07, 6.45) is -2.96. The predicted molar refractivity (Wildman–Crippen MR) is 73.2 cm³/mol. The lowest BCUT2D eigenvalue weighted by atomic mass is 10.1. The highest BCUT2D eigenvalue weighted by atomic mass is 31.2. The third-order valence-electron chi connectivity index (χ3n) is 3.56. The Labute approximate surface area is 133 Å². The fourth-order valence-electron chi connectivity index (χ4n) is 2.40. The maximum atomic E-state index is 10.7. The number of phosphoric ester groups is 1. The summed E-state index contributed by atoms with van der Waals surface area (Å²) in [4.78, 5) is 25.3. The molecule has 3 rings (SSSR count). The van der Waals surface area contributed by atoms with Gasteiger partial charge in [0, 0.05) is 0 Å². The molecular weight excluding hydrogens is 349 g/mol. The molecular formula is C10H15N5O8P+. The largest absolute Gasteiger partial charge is 0.469 e. The highest BCUT2D eigenvalue weighted by Gasteiger charge is 2.45. The van der Waals surface area contributed by atoms with E-state index in [1.54, 1.807) is 0 Å². The summed E-state index contributed by atoms with van der Waals surface area (Å²) in [5, 5.41) is 29.5. The van der Waals surface area contributed by atoms with Gasteiger partial charge in [0.1, 0.15) is 24.6 Å². The van der Waals surface area contributed by atoms with E-state index in [1.807, 2.05) is 0 Å². The predicted octanol–water partition coefficient (Wildman–Crippen LogP) is -2.73. The monoisotopic (exact) mass is 364 g/mol. The Hall–Kier alpha value is -1.86. The smallest absolute Gasteiger partial charge is 0.387 e. The lowest BCUT2D eigenvalue weighted by Crippen LogP contribution is -2.35. The van der Waals surface area contributed by atoms with E-state index in [-0.39, 0.29) is 17.0 Å². The number of nitrogens with two attached hydrogens (primary N) is 1. The summed E-state index contributed by atoms with van der Waals surface area (Å²) >= 11 is 0. The number of anilines is 1. The number of imidazole rings is 1. The molecule has 1 fully saturated rings. The lowest BCUT2D eigenvalue weighted by Gasteiger charge is -2.15. The van der Waals surface area contributed by atoms with Crippen molar-refractivity contribution in [2.75, 3.05) is 12.3 Å². The van der Waals surface area contributed by atoms with Crippen molar-refractivity contribution in [1.29, 1.82) is 0 Å². The Morgan fingerprint density at radius 2 is 2.08 bits per heavy atom. The van der Waals surface area contributed by atoms with Crippen LogP contribution in [0.2, 0.25) is 0 Å². The van der Waals surface area contributed by atoms with Crippen molar-refractivity contribution >= 4 is 24.8 Å². The van der Waals surface area contributed by atoms with E-state index >= 15 is 0 Å². The maximum absolute atomic E-state index is 10.7. The molecule has 7 N–H and O–H groups in total. The van der Waals surface area contributed by atoms with E-state index in [4.69, 9.17) is 20.3 Å². The van der Waals surface area contributed by atoms with Crippen LogP contribution in [0.4, 0.5) is 5.82 Å². The van der Waals surface area contributed by atoms with Gasteiger partial charge < -0.3 is 35.7 Å². The highest BCUT2D eigenvalue weighted by Crippen LogP contribution is 2.38. The maximum Gasteiger partial charge on any atom is 0.469 e. The average Bonchev–Trinajstić information content (AvgIpc) is 3.04. The first-order valence-electron chi connectivity index (χ1n) is 6.62.